The van der Waals surface area contributed by atoms with Crippen LogP contribution in [0.4, 0.5) is 5.69 Å². The SMILES string of the molecule is CC(C)c1nc(Cc2ccc(NC(=O)c3ccc(Cl)cc3Cl)cc2)no1. The van der Waals surface area contributed by atoms with E-state index in [9.17, 15) is 4.79 Å². The Labute approximate surface area is 161 Å². The van der Waals surface area contributed by atoms with Crippen molar-refractivity contribution in [3.8, 4) is 0 Å². The van der Waals surface area contributed by atoms with Crippen molar-refractivity contribution in [1.29, 1.82) is 0 Å². The summed E-state index contributed by atoms with van der Waals surface area (Å²) in [7, 11) is 0. The van der Waals surface area contributed by atoms with E-state index in [2.05, 4.69) is 15.5 Å². The third kappa shape index (κ3) is 4.42. The van der Waals surface area contributed by atoms with Gasteiger partial charge in [0.05, 0.1) is 10.6 Å². The van der Waals surface area contributed by atoms with E-state index in [4.69, 9.17) is 27.7 Å². The van der Waals surface area contributed by atoms with Crippen LogP contribution in [0.3, 0.4) is 0 Å². The molecule has 1 amide bonds. The lowest BCUT2D eigenvalue weighted by molar-refractivity contribution is 0.102. The number of hydrogen-bond acceptors (Lipinski definition) is 4. The van der Waals surface area contributed by atoms with E-state index < -0.39 is 0 Å². The van der Waals surface area contributed by atoms with Gasteiger partial charge in [-0.2, -0.15) is 4.98 Å². The lowest BCUT2D eigenvalue weighted by Gasteiger charge is -2.08. The Morgan fingerprint density at radius 1 is 1.15 bits per heavy atom. The maximum absolute atomic E-state index is 12.3. The molecule has 0 saturated carbocycles. The topological polar surface area (TPSA) is 68.0 Å². The molecule has 1 aromatic heterocycles. The molecule has 2 aromatic carbocycles. The van der Waals surface area contributed by atoms with Crippen LogP contribution in [-0.2, 0) is 6.42 Å². The average molecular weight is 390 g/mol. The number of carbonyl (C=O) groups is 1. The predicted molar refractivity (Wildman–Crippen MR) is 102 cm³/mol. The lowest BCUT2D eigenvalue weighted by atomic mass is 10.1. The summed E-state index contributed by atoms with van der Waals surface area (Å²) in [5.74, 6) is 1.18. The molecule has 0 atom stereocenters. The summed E-state index contributed by atoms with van der Waals surface area (Å²) in [6.07, 6.45) is 0.563. The van der Waals surface area contributed by atoms with Crippen molar-refractivity contribution < 1.29 is 9.32 Å². The highest BCUT2D eigenvalue weighted by Crippen LogP contribution is 2.22. The number of anilines is 1. The van der Waals surface area contributed by atoms with Gasteiger partial charge in [-0.1, -0.05) is 54.3 Å². The average Bonchev–Trinajstić information content (AvgIpc) is 3.05. The smallest absolute Gasteiger partial charge is 0.257 e. The Morgan fingerprint density at radius 3 is 2.50 bits per heavy atom. The zero-order chi connectivity index (χ0) is 18.7. The van der Waals surface area contributed by atoms with Crippen LogP contribution in [-0.4, -0.2) is 16.0 Å². The predicted octanol–water partition coefficient (Wildman–Crippen LogP) is 5.34. The molecular weight excluding hydrogens is 373 g/mol. The molecule has 3 rings (SSSR count). The minimum atomic E-state index is -0.292. The number of hydrogen-bond donors (Lipinski definition) is 1. The molecule has 7 heteroatoms. The molecule has 0 spiro atoms. The summed E-state index contributed by atoms with van der Waals surface area (Å²) in [5.41, 5.74) is 2.05. The Kier molecular flexibility index (Phi) is 5.59. The lowest BCUT2D eigenvalue weighted by Crippen LogP contribution is -2.12. The highest BCUT2D eigenvalue weighted by Gasteiger charge is 2.12. The van der Waals surface area contributed by atoms with E-state index in [0.717, 1.165) is 5.56 Å². The maximum atomic E-state index is 12.3. The van der Waals surface area contributed by atoms with E-state index in [1.165, 1.54) is 6.07 Å². The van der Waals surface area contributed by atoms with Crippen LogP contribution < -0.4 is 5.32 Å². The molecule has 0 unspecified atom stereocenters. The van der Waals surface area contributed by atoms with Crippen LogP contribution in [0.5, 0.6) is 0 Å². The molecule has 5 nitrogen and oxygen atoms in total. The Balaban J connectivity index is 1.66. The van der Waals surface area contributed by atoms with Crippen molar-refractivity contribution in [2.75, 3.05) is 5.32 Å². The van der Waals surface area contributed by atoms with E-state index in [0.29, 0.717) is 39.4 Å². The number of nitrogens with one attached hydrogen (secondary N) is 1. The summed E-state index contributed by atoms with van der Waals surface area (Å²) in [5, 5.41) is 7.59. The molecule has 0 aliphatic rings. The number of aromatic nitrogens is 2. The Hall–Kier alpha value is -2.37. The minimum absolute atomic E-state index is 0.202. The second kappa shape index (κ2) is 7.89. The van der Waals surface area contributed by atoms with E-state index in [1.807, 2.05) is 38.1 Å². The van der Waals surface area contributed by atoms with Gasteiger partial charge in [-0.15, -0.1) is 0 Å². The van der Waals surface area contributed by atoms with Crippen LogP contribution >= 0.6 is 23.2 Å². The molecular formula is C19H17Cl2N3O2. The number of carbonyl (C=O) groups excluding carboxylic acids is 1. The second-order valence-electron chi connectivity index (χ2n) is 6.16. The zero-order valence-corrected chi connectivity index (χ0v) is 15.8. The molecule has 0 saturated heterocycles. The first kappa shape index (κ1) is 18.4. The fourth-order valence-electron chi connectivity index (χ4n) is 2.33. The molecule has 26 heavy (non-hydrogen) atoms. The van der Waals surface area contributed by atoms with Gasteiger partial charge >= 0.3 is 0 Å². The van der Waals surface area contributed by atoms with Gasteiger partial charge in [-0.05, 0) is 35.9 Å². The van der Waals surface area contributed by atoms with Crippen molar-refractivity contribution >= 4 is 34.8 Å². The third-order valence-electron chi connectivity index (χ3n) is 3.73. The van der Waals surface area contributed by atoms with Gasteiger partial charge in [-0.3, -0.25) is 4.79 Å². The summed E-state index contributed by atoms with van der Waals surface area (Å²) in [6.45, 7) is 4.00. The van der Waals surface area contributed by atoms with Crippen LogP contribution in [0.2, 0.25) is 10.0 Å². The van der Waals surface area contributed by atoms with Crippen LogP contribution in [0.15, 0.2) is 47.0 Å². The molecule has 0 aliphatic heterocycles. The zero-order valence-electron chi connectivity index (χ0n) is 14.3. The summed E-state index contributed by atoms with van der Waals surface area (Å²) < 4.78 is 5.20. The molecule has 0 radical (unpaired) electrons. The first-order valence-electron chi connectivity index (χ1n) is 8.10. The standard InChI is InChI=1S/C19H17Cl2N3O2/c1-11(2)19-23-17(24-26-19)9-12-3-6-14(7-4-12)22-18(25)15-8-5-13(20)10-16(15)21/h3-8,10-11H,9H2,1-2H3,(H,22,25). The molecule has 1 N–H and O–H groups in total. The van der Waals surface area contributed by atoms with Gasteiger partial charge in [-0.25, -0.2) is 0 Å². The maximum Gasteiger partial charge on any atom is 0.257 e. The highest BCUT2D eigenvalue weighted by atomic mass is 35.5. The molecule has 1 heterocycles. The minimum Gasteiger partial charge on any atom is -0.339 e. The Bertz CT molecular complexity index is 921. The largest absolute Gasteiger partial charge is 0.339 e. The van der Waals surface area contributed by atoms with Gasteiger partial charge < -0.3 is 9.84 Å². The highest BCUT2D eigenvalue weighted by molar-refractivity contribution is 6.37. The van der Waals surface area contributed by atoms with Crippen LogP contribution in [0.25, 0.3) is 0 Å². The van der Waals surface area contributed by atoms with Crippen molar-refractivity contribution in [3.05, 3.63) is 75.4 Å². The number of halogens is 2. The second-order valence-corrected chi connectivity index (χ2v) is 7.00. The normalized spacial score (nSPS) is 11.0. The van der Waals surface area contributed by atoms with Crippen LogP contribution in [0, 0.1) is 0 Å². The number of benzene rings is 2. The van der Waals surface area contributed by atoms with E-state index in [-0.39, 0.29) is 11.8 Å². The van der Waals surface area contributed by atoms with Gasteiger partial charge in [0.2, 0.25) is 5.89 Å². The molecule has 0 fully saturated rings. The molecule has 0 aliphatic carbocycles. The summed E-state index contributed by atoms with van der Waals surface area (Å²) in [6, 6.07) is 12.2. The Morgan fingerprint density at radius 2 is 1.88 bits per heavy atom. The molecule has 0 bridgehead atoms. The molecule has 134 valence electrons. The fraction of sp³-hybridized carbons (Fsp3) is 0.211. The monoisotopic (exact) mass is 389 g/mol. The van der Waals surface area contributed by atoms with Crippen molar-refractivity contribution in [2.45, 2.75) is 26.2 Å². The number of rotatable bonds is 5. The fourth-order valence-corrected chi connectivity index (χ4v) is 2.83. The molecule has 3 aromatic rings. The van der Waals surface area contributed by atoms with E-state index in [1.54, 1.807) is 12.1 Å². The number of nitrogens with zero attached hydrogens (tertiary/aromatic N) is 2. The van der Waals surface area contributed by atoms with Gasteiger partial charge in [0.1, 0.15) is 0 Å². The van der Waals surface area contributed by atoms with Gasteiger partial charge in [0.15, 0.2) is 5.82 Å². The third-order valence-corrected chi connectivity index (χ3v) is 4.28. The first-order chi connectivity index (χ1) is 12.4. The van der Waals surface area contributed by atoms with Crippen molar-refractivity contribution in [3.63, 3.8) is 0 Å². The summed E-state index contributed by atoms with van der Waals surface area (Å²) in [4.78, 5) is 16.7. The van der Waals surface area contributed by atoms with E-state index >= 15 is 0 Å². The first-order valence-corrected chi connectivity index (χ1v) is 8.86. The number of amides is 1. The quantitative estimate of drug-likeness (QED) is 0.638. The van der Waals surface area contributed by atoms with Crippen molar-refractivity contribution in [1.82, 2.24) is 10.1 Å². The van der Waals surface area contributed by atoms with Crippen LogP contribution in [0.1, 0.15) is 47.4 Å². The van der Waals surface area contributed by atoms with Crippen molar-refractivity contribution in [2.24, 2.45) is 0 Å². The van der Waals surface area contributed by atoms with Gasteiger partial charge in [0, 0.05) is 23.0 Å². The summed E-state index contributed by atoms with van der Waals surface area (Å²) >= 11 is 11.9. The van der Waals surface area contributed by atoms with Gasteiger partial charge in [0.25, 0.3) is 5.91 Å².